The van der Waals surface area contributed by atoms with Gasteiger partial charge in [0.25, 0.3) is 10.0 Å². The van der Waals surface area contributed by atoms with Gasteiger partial charge in [-0.2, -0.15) is 0 Å². The van der Waals surface area contributed by atoms with E-state index in [2.05, 4.69) is 4.98 Å². The van der Waals surface area contributed by atoms with Crippen molar-refractivity contribution in [3.63, 3.8) is 0 Å². The summed E-state index contributed by atoms with van der Waals surface area (Å²) in [6.45, 7) is 8.44. The fourth-order valence-corrected chi connectivity index (χ4v) is 7.16. The van der Waals surface area contributed by atoms with Crippen LogP contribution in [0.15, 0.2) is 71.9 Å². The molecule has 42 heavy (non-hydrogen) atoms. The minimum atomic E-state index is -3.88. The molecule has 1 saturated heterocycles. The molecule has 1 N–H and O–H groups in total. The lowest BCUT2D eigenvalue weighted by Crippen LogP contribution is -2.39. The molecule has 218 valence electrons. The molecule has 2 aromatic carbocycles. The summed E-state index contributed by atoms with van der Waals surface area (Å²) in [6.07, 6.45) is 5.77. The van der Waals surface area contributed by atoms with E-state index in [4.69, 9.17) is 4.98 Å². The van der Waals surface area contributed by atoms with Crippen molar-refractivity contribution in [1.29, 1.82) is 0 Å². The minimum absolute atomic E-state index is 0.0743. The number of imidazole rings is 1. The zero-order valence-electron chi connectivity index (χ0n) is 24.3. The lowest BCUT2D eigenvalue weighted by atomic mass is 9.94. The molecule has 9 nitrogen and oxygen atoms in total. The van der Waals surface area contributed by atoms with Crippen LogP contribution >= 0.6 is 0 Å². The second-order valence-electron chi connectivity index (χ2n) is 11.8. The molecule has 0 bridgehead atoms. The average Bonchev–Trinajstić information content (AvgIpc) is 3.55. The summed E-state index contributed by atoms with van der Waals surface area (Å²) >= 11 is 0. The van der Waals surface area contributed by atoms with Gasteiger partial charge in [0.2, 0.25) is 5.91 Å². The number of piperidine rings is 1. The van der Waals surface area contributed by atoms with Crippen LogP contribution in [0.2, 0.25) is 0 Å². The van der Waals surface area contributed by atoms with E-state index in [1.165, 1.54) is 3.97 Å². The molecule has 1 aliphatic heterocycles. The fourth-order valence-electron chi connectivity index (χ4n) is 5.86. The Balaban J connectivity index is 1.50. The molecule has 1 atom stereocenters. The highest BCUT2D eigenvalue weighted by Crippen LogP contribution is 2.32. The van der Waals surface area contributed by atoms with Crippen molar-refractivity contribution in [3.8, 4) is 11.3 Å². The van der Waals surface area contributed by atoms with Crippen LogP contribution in [0.4, 0.5) is 0 Å². The van der Waals surface area contributed by atoms with Crippen LogP contribution in [-0.4, -0.2) is 55.8 Å². The van der Waals surface area contributed by atoms with Crippen molar-refractivity contribution >= 4 is 32.6 Å². The number of fused-ring (bicyclic) bond motifs is 3. The SMILES string of the molecule is CC(=O)N1CCCC(Cc2nc(-c3ccc(C(C)(C)O)cc3)c3cnc4c(ccn4S(=O)(=O)c4ccc(C)cc4)n23)C1. The third-order valence-electron chi connectivity index (χ3n) is 8.22. The second kappa shape index (κ2) is 10.4. The van der Waals surface area contributed by atoms with Crippen LogP contribution in [-0.2, 0) is 26.8 Å². The highest BCUT2D eigenvalue weighted by atomic mass is 32.2. The first-order valence-electron chi connectivity index (χ1n) is 14.2. The van der Waals surface area contributed by atoms with Gasteiger partial charge in [0.05, 0.1) is 33.4 Å². The van der Waals surface area contributed by atoms with Gasteiger partial charge in [-0.05, 0) is 63.3 Å². The molecule has 1 amide bonds. The summed E-state index contributed by atoms with van der Waals surface area (Å²) in [5.74, 6) is 1.09. The number of hydrogen-bond donors (Lipinski definition) is 1. The number of carbonyl (C=O) groups excluding carboxylic acids is 1. The van der Waals surface area contributed by atoms with Crippen LogP contribution in [0.1, 0.15) is 50.6 Å². The molecule has 3 aromatic heterocycles. The standard InChI is InChI=1S/C32H35N5O4S/c1-21-7-13-26(14-8-21)42(40,41)36-17-15-27-31(36)33-19-28-30(24-9-11-25(12-10-24)32(3,4)39)34-29(37(27)28)18-23-6-5-16-35(20-23)22(2)38/h7-15,17,19,23,39H,5-6,16,18,20H2,1-4H3. The van der Waals surface area contributed by atoms with Gasteiger partial charge in [0.15, 0.2) is 5.65 Å². The fraction of sp³-hybridized carbons (Fsp3) is 0.344. The Morgan fingerprint density at radius 1 is 1.05 bits per heavy atom. The number of aliphatic hydroxyl groups is 1. The number of benzene rings is 2. The lowest BCUT2D eigenvalue weighted by molar-refractivity contribution is -0.130. The second-order valence-corrected chi connectivity index (χ2v) is 13.6. The summed E-state index contributed by atoms with van der Waals surface area (Å²) in [5.41, 5.74) is 4.12. The van der Waals surface area contributed by atoms with Crippen LogP contribution in [0.5, 0.6) is 0 Å². The third-order valence-corrected chi connectivity index (χ3v) is 9.90. The highest BCUT2D eigenvalue weighted by molar-refractivity contribution is 7.90. The predicted molar refractivity (Wildman–Crippen MR) is 162 cm³/mol. The van der Waals surface area contributed by atoms with E-state index in [0.717, 1.165) is 53.1 Å². The molecule has 0 radical (unpaired) electrons. The minimum Gasteiger partial charge on any atom is -0.386 e. The zero-order valence-corrected chi connectivity index (χ0v) is 25.1. The molecule has 1 aliphatic rings. The van der Waals surface area contributed by atoms with E-state index >= 15 is 0 Å². The Kier molecular flexibility index (Phi) is 6.93. The van der Waals surface area contributed by atoms with Crippen molar-refractivity contribution in [2.75, 3.05) is 13.1 Å². The van der Waals surface area contributed by atoms with Crippen LogP contribution in [0, 0.1) is 12.8 Å². The zero-order chi connectivity index (χ0) is 29.8. The van der Waals surface area contributed by atoms with Crippen molar-refractivity contribution < 1.29 is 18.3 Å². The number of amides is 1. The molecule has 1 fully saturated rings. The number of hydrogen-bond acceptors (Lipinski definition) is 6. The summed E-state index contributed by atoms with van der Waals surface area (Å²) in [7, 11) is -3.88. The van der Waals surface area contributed by atoms with Gasteiger partial charge in [0, 0.05) is 38.2 Å². The van der Waals surface area contributed by atoms with Gasteiger partial charge in [0.1, 0.15) is 5.82 Å². The third kappa shape index (κ3) is 4.98. The number of carbonyl (C=O) groups is 1. The molecule has 0 spiro atoms. The van der Waals surface area contributed by atoms with Gasteiger partial charge >= 0.3 is 0 Å². The Labute approximate surface area is 245 Å². The Hall–Kier alpha value is -4.02. The molecular weight excluding hydrogens is 550 g/mol. The largest absolute Gasteiger partial charge is 0.386 e. The number of aromatic nitrogens is 4. The average molecular weight is 586 g/mol. The maximum atomic E-state index is 13.6. The van der Waals surface area contributed by atoms with Crippen LogP contribution in [0.3, 0.4) is 0 Å². The predicted octanol–water partition coefficient (Wildman–Crippen LogP) is 4.92. The van der Waals surface area contributed by atoms with Crippen molar-refractivity contribution in [2.45, 2.75) is 57.5 Å². The van der Waals surface area contributed by atoms with Gasteiger partial charge in [-0.15, -0.1) is 0 Å². The smallest absolute Gasteiger partial charge is 0.269 e. The molecule has 0 saturated carbocycles. The topological polar surface area (TPSA) is 110 Å². The van der Waals surface area contributed by atoms with E-state index in [0.29, 0.717) is 24.1 Å². The first kappa shape index (κ1) is 28.1. The highest BCUT2D eigenvalue weighted by Gasteiger charge is 2.27. The van der Waals surface area contributed by atoms with E-state index in [1.54, 1.807) is 63.5 Å². The van der Waals surface area contributed by atoms with Crippen molar-refractivity contribution in [2.24, 2.45) is 5.92 Å². The van der Waals surface area contributed by atoms with E-state index in [-0.39, 0.29) is 16.7 Å². The summed E-state index contributed by atoms with van der Waals surface area (Å²) < 4.78 is 30.5. The monoisotopic (exact) mass is 585 g/mol. The van der Waals surface area contributed by atoms with Crippen molar-refractivity contribution in [3.05, 3.63) is 83.9 Å². The first-order chi connectivity index (χ1) is 19.9. The molecule has 4 heterocycles. The molecule has 1 unspecified atom stereocenters. The number of aryl methyl sites for hydroxylation is 1. The van der Waals surface area contributed by atoms with Crippen LogP contribution < -0.4 is 0 Å². The van der Waals surface area contributed by atoms with Crippen molar-refractivity contribution in [1.82, 2.24) is 23.2 Å². The molecule has 6 rings (SSSR count). The molecule has 0 aliphatic carbocycles. The first-order valence-corrected chi connectivity index (χ1v) is 15.7. The van der Waals surface area contributed by atoms with E-state index < -0.39 is 15.6 Å². The molecular formula is C32H35N5O4S. The number of likely N-dealkylation sites (tertiary alicyclic amines) is 1. The maximum absolute atomic E-state index is 13.6. The summed E-state index contributed by atoms with van der Waals surface area (Å²) in [6, 6.07) is 16.2. The Morgan fingerprint density at radius 2 is 1.76 bits per heavy atom. The normalized spacial score (nSPS) is 16.4. The Morgan fingerprint density at radius 3 is 2.43 bits per heavy atom. The van der Waals surface area contributed by atoms with E-state index in [1.807, 2.05) is 40.5 Å². The quantitative estimate of drug-likeness (QED) is 0.303. The van der Waals surface area contributed by atoms with Gasteiger partial charge in [-0.3, -0.25) is 9.20 Å². The summed E-state index contributed by atoms with van der Waals surface area (Å²) in [5, 5.41) is 10.4. The van der Waals surface area contributed by atoms with Gasteiger partial charge < -0.3 is 10.0 Å². The van der Waals surface area contributed by atoms with Gasteiger partial charge in [-0.25, -0.2) is 22.4 Å². The molecule has 10 heteroatoms. The van der Waals surface area contributed by atoms with E-state index in [9.17, 15) is 18.3 Å². The summed E-state index contributed by atoms with van der Waals surface area (Å²) in [4.78, 5) is 24.0. The number of nitrogens with zero attached hydrogens (tertiary/aromatic N) is 5. The number of rotatable bonds is 6. The molecule has 5 aromatic rings. The van der Waals surface area contributed by atoms with Gasteiger partial charge in [-0.1, -0.05) is 42.0 Å². The maximum Gasteiger partial charge on any atom is 0.269 e. The van der Waals surface area contributed by atoms with Crippen LogP contribution in [0.25, 0.3) is 27.9 Å². The Bertz CT molecular complexity index is 1900. The lowest BCUT2D eigenvalue weighted by Gasteiger charge is -2.31.